The summed E-state index contributed by atoms with van der Waals surface area (Å²) < 4.78 is 28.7. The number of halogens is 1. The molecular formula is C16H23ClN2O4S. The van der Waals surface area contributed by atoms with E-state index in [-0.39, 0.29) is 25.5 Å². The molecule has 0 saturated carbocycles. The van der Waals surface area contributed by atoms with Crippen LogP contribution in [0, 0.1) is 0 Å². The number of benzene rings is 1. The summed E-state index contributed by atoms with van der Waals surface area (Å²) in [6.07, 6.45) is 1.37. The second-order valence-electron chi connectivity index (χ2n) is 6.11. The fraction of sp³-hybridized carbons (Fsp3) is 0.562. The number of carbonyl (C=O) groups excluding carboxylic acids is 1. The number of hydrogen-bond acceptors (Lipinski definition) is 5. The van der Waals surface area contributed by atoms with Gasteiger partial charge in [-0.3, -0.25) is 4.79 Å². The third-order valence-corrected chi connectivity index (χ3v) is 6.47. The number of piperidine rings is 1. The number of rotatable bonds is 6. The summed E-state index contributed by atoms with van der Waals surface area (Å²) in [4.78, 5) is 12.6. The average Bonchev–Trinajstić information content (AvgIpc) is 2.52. The lowest BCUT2D eigenvalue weighted by atomic mass is 9.96. The zero-order chi connectivity index (χ0) is 17.8. The highest BCUT2D eigenvalue weighted by Crippen LogP contribution is 2.28. The zero-order valence-electron chi connectivity index (χ0n) is 13.8. The van der Waals surface area contributed by atoms with Gasteiger partial charge in [-0.25, -0.2) is 8.42 Å². The first-order valence-corrected chi connectivity index (χ1v) is 10.1. The molecule has 2 rings (SSSR count). The number of nitrogens with one attached hydrogen (secondary N) is 2. The number of carbonyl (C=O) groups is 1. The van der Waals surface area contributed by atoms with Crippen molar-refractivity contribution in [3.8, 4) is 5.75 Å². The van der Waals surface area contributed by atoms with Crippen LogP contribution in [0.25, 0.3) is 0 Å². The summed E-state index contributed by atoms with van der Waals surface area (Å²) >= 11 is 5.90. The van der Waals surface area contributed by atoms with E-state index < -0.39 is 20.5 Å². The Morgan fingerprint density at radius 1 is 1.42 bits per heavy atom. The Kier molecular flexibility index (Phi) is 6.11. The third kappa shape index (κ3) is 4.40. The van der Waals surface area contributed by atoms with Gasteiger partial charge in [-0.05, 0) is 51.1 Å². The molecule has 1 amide bonds. The van der Waals surface area contributed by atoms with Gasteiger partial charge in [-0.15, -0.1) is 0 Å². The van der Waals surface area contributed by atoms with E-state index in [0.29, 0.717) is 23.9 Å². The largest absolute Gasteiger partial charge is 0.489 e. The molecule has 1 atom stereocenters. The van der Waals surface area contributed by atoms with Gasteiger partial charge in [0, 0.05) is 11.3 Å². The lowest BCUT2D eigenvalue weighted by Crippen LogP contribution is -2.58. The van der Waals surface area contributed by atoms with Crippen LogP contribution in [-0.4, -0.2) is 51.1 Å². The highest BCUT2D eigenvalue weighted by atomic mass is 35.5. The molecule has 0 radical (unpaired) electrons. The van der Waals surface area contributed by atoms with Gasteiger partial charge in [-0.1, -0.05) is 17.7 Å². The van der Waals surface area contributed by atoms with Crippen LogP contribution < -0.4 is 15.4 Å². The van der Waals surface area contributed by atoms with E-state index in [1.165, 1.54) is 0 Å². The van der Waals surface area contributed by atoms with Crippen molar-refractivity contribution in [2.24, 2.45) is 0 Å². The first kappa shape index (κ1) is 19.0. The molecule has 1 aliphatic rings. The topological polar surface area (TPSA) is 84.5 Å². The second-order valence-corrected chi connectivity index (χ2v) is 8.87. The number of sulfone groups is 1. The monoisotopic (exact) mass is 374 g/mol. The Morgan fingerprint density at radius 2 is 2.08 bits per heavy atom. The van der Waals surface area contributed by atoms with Crippen LogP contribution in [-0.2, 0) is 14.6 Å². The van der Waals surface area contributed by atoms with E-state index in [1.54, 1.807) is 31.2 Å². The van der Waals surface area contributed by atoms with Crippen LogP contribution in [0.2, 0.25) is 5.02 Å². The summed E-state index contributed by atoms with van der Waals surface area (Å²) in [5.74, 6) is 0.150. The molecule has 1 aromatic rings. The molecule has 1 fully saturated rings. The Hall–Kier alpha value is -1.31. The fourth-order valence-electron chi connectivity index (χ4n) is 2.81. The van der Waals surface area contributed by atoms with Gasteiger partial charge in [0.2, 0.25) is 5.91 Å². The maximum Gasteiger partial charge on any atom is 0.241 e. The fourth-order valence-corrected chi connectivity index (χ4v) is 4.34. The van der Waals surface area contributed by atoms with Gasteiger partial charge < -0.3 is 15.4 Å². The Bertz CT molecular complexity index is 687. The van der Waals surface area contributed by atoms with Crippen molar-refractivity contribution in [2.75, 3.05) is 25.9 Å². The predicted molar refractivity (Wildman–Crippen MR) is 94.2 cm³/mol. The zero-order valence-corrected chi connectivity index (χ0v) is 15.4. The Balaban J connectivity index is 1.98. The highest BCUT2D eigenvalue weighted by Gasteiger charge is 2.48. The molecule has 1 heterocycles. The summed E-state index contributed by atoms with van der Waals surface area (Å²) in [7, 11) is -3.51. The standard InChI is InChI=1S/C16H23ClN2O4S/c1-12(23-14-5-3-4-13(17)10-14)11-19-15(20)16(24(2,21)22)6-8-18-9-7-16/h3-5,10,12,18H,6-9,11H2,1-2H3,(H,19,20). The molecule has 6 nitrogen and oxygen atoms in total. The number of amides is 1. The van der Waals surface area contributed by atoms with Crippen molar-refractivity contribution in [3.05, 3.63) is 29.3 Å². The van der Waals surface area contributed by atoms with Crippen LogP contribution in [0.1, 0.15) is 19.8 Å². The minimum atomic E-state index is -3.51. The second kappa shape index (κ2) is 7.72. The molecule has 0 bridgehead atoms. The minimum Gasteiger partial charge on any atom is -0.489 e. The van der Waals surface area contributed by atoms with Crippen LogP contribution >= 0.6 is 11.6 Å². The molecule has 134 valence electrons. The van der Waals surface area contributed by atoms with Gasteiger partial charge in [0.1, 0.15) is 11.9 Å². The van der Waals surface area contributed by atoms with Crippen LogP contribution in [0.5, 0.6) is 5.75 Å². The molecule has 1 unspecified atom stereocenters. The minimum absolute atomic E-state index is 0.218. The van der Waals surface area contributed by atoms with Crippen LogP contribution in [0.4, 0.5) is 0 Å². The average molecular weight is 375 g/mol. The number of hydrogen-bond donors (Lipinski definition) is 2. The van der Waals surface area contributed by atoms with Crippen molar-refractivity contribution in [2.45, 2.75) is 30.6 Å². The van der Waals surface area contributed by atoms with Gasteiger partial charge >= 0.3 is 0 Å². The van der Waals surface area contributed by atoms with Crippen molar-refractivity contribution in [1.82, 2.24) is 10.6 Å². The Labute approximate surface area is 147 Å². The molecule has 1 aliphatic heterocycles. The van der Waals surface area contributed by atoms with Crippen molar-refractivity contribution < 1.29 is 17.9 Å². The van der Waals surface area contributed by atoms with Crippen molar-refractivity contribution >= 4 is 27.3 Å². The maximum absolute atomic E-state index is 12.6. The molecule has 0 aliphatic carbocycles. The molecule has 2 N–H and O–H groups in total. The van der Waals surface area contributed by atoms with E-state index in [2.05, 4.69) is 10.6 Å². The summed E-state index contributed by atoms with van der Waals surface area (Å²) in [6, 6.07) is 6.98. The van der Waals surface area contributed by atoms with E-state index in [4.69, 9.17) is 16.3 Å². The van der Waals surface area contributed by atoms with Crippen LogP contribution in [0.15, 0.2) is 24.3 Å². The van der Waals surface area contributed by atoms with Gasteiger partial charge in [0.25, 0.3) is 0 Å². The van der Waals surface area contributed by atoms with E-state index in [9.17, 15) is 13.2 Å². The molecule has 0 spiro atoms. The van der Waals surface area contributed by atoms with Crippen molar-refractivity contribution in [1.29, 1.82) is 0 Å². The summed E-state index contributed by atoms with van der Waals surface area (Å²) in [5.41, 5.74) is 0. The van der Waals surface area contributed by atoms with Crippen LogP contribution in [0.3, 0.4) is 0 Å². The normalized spacial score (nSPS) is 18.6. The first-order valence-electron chi connectivity index (χ1n) is 7.85. The molecule has 0 aromatic heterocycles. The molecule has 1 saturated heterocycles. The molecule has 8 heteroatoms. The van der Waals surface area contributed by atoms with Crippen molar-refractivity contribution in [3.63, 3.8) is 0 Å². The summed E-state index contributed by atoms with van der Waals surface area (Å²) in [5, 5.41) is 6.38. The lowest BCUT2D eigenvalue weighted by molar-refractivity contribution is -0.124. The molecule has 1 aromatic carbocycles. The van der Waals surface area contributed by atoms with E-state index in [1.807, 2.05) is 0 Å². The van der Waals surface area contributed by atoms with Gasteiger partial charge in [0.05, 0.1) is 6.54 Å². The SMILES string of the molecule is CC(CNC(=O)C1(S(C)(=O)=O)CCNCC1)Oc1cccc(Cl)c1. The molecule has 24 heavy (non-hydrogen) atoms. The molecular weight excluding hydrogens is 352 g/mol. The van der Waals surface area contributed by atoms with E-state index in [0.717, 1.165) is 6.26 Å². The number of ether oxygens (including phenoxy) is 1. The smallest absolute Gasteiger partial charge is 0.241 e. The van der Waals surface area contributed by atoms with Gasteiger partial charge in [0.15, 0.2) is 14.6 Å². The lowest BCUT2D eigenvalue weighted by Gasteiger charge is -2.34. The summed E-state index contributed by atoms with van der Waals surface area (Å²) in [6.45, 7) is 3.04. The Morgan fingerprint density at radius 3 is 2.67 bits per heavy atom. The maximum atomic E-state index is 12.6. The highest BCUT2D eigenvalue weighted by molar-refractivity contribution is 7.92. The van der Waals surface area contributed by atoms with Gasteiger partial charge in [-0.2, -0.15) is 0 Å². The first-order chi connectivity index (χ1) is 11.2. The quantitative estimate of drug-likeness (QED) is 0.786. The van der Waals surface area contributed by atoms with E-state index >= 15 is 0 Å². The predicted octanol–water partition coefficient (Wildman–Crippen LogP) is 1.39. The third-order valence-electron chi connectivity index (χ3n) is 4.22.